The summed E-state index contributed by atoms with van der Waals surface area (Å²) >= 11 is 3.41. The zero-order valence-electron chi connectivity index (χ0n) is 15.0. The summed E-state index contributed by atoms with van der Waals surface area (Å²) < 4.78 is 0.954. The number of nitrogens with zero attached hydrogens (tertiary/aromatic N) is 1. The van der Waals surface area contributed by atoms with Crippen molar-refractivity contribution < 1.29 is 9.59 Å². The van der Waals surface area contributed by atoms with Gasteiger partial charge in [-0.2, -0.15) is 0 Å². The van der Waals surface area contributed by atoms with Crippen LogP contribution in [0.5, 0.6) is 0 Å². The lowest BCUT2D eigenvalue weighted by Gasteiger charge is -2.20. The highest BCUT2D eigenvalue weighted by molar-refractivity contribution is 9.10. The molecule has 2 aromatic carbocycles. The van der Waals surface area contributed by atoms with E-state index in [1.165, 1.54) is 6.08 Å². The molecule has 0 saturated carbocycles. The molecule has 0 unspecified atom stereocenters. The van der Waals surface area contributed by atoms with Gasteiger partial charge in [-0.3, -0.25) is 9.59 Å². The number of benzene rings is 2. The molecule has 0 bridgehead atoms. The van der Waals surface area contributed by atoms with Crippen LogP contribution in [0.2, 0.25) is 0 Å². The molecule has 4 nitrogen and oxygen atoms in total. The van der Waals surface area contributed by atoms with E-state index >= 15 is 0 Å². The van der Waals surface area contributed by atoms with Crippen LogP contribution >= 0.6 is 15.9 Å². The fourth-order valence-electron chi connectivity index (χ4n) is 2.50. The van der Waals surface area contributed by atoms with Crippen molar-refractivity contribution in [1.29, 1.82) is 0 Å². The Balaban J connectivity index is 2.01. The maximum Gasteiger partial charge on any atom is 0.247 e. The normalized spacial score (nSPS) is 10.7. The highest BCUT2D eigenvalue weighted by atomic mass is 79.9. The van der Waals surface area contributed by atoms with E-state index < -0.39 is 0 Å². The van der Waals surface area contributed by atoms with Crippen molar-refractivity contribution in [2.45, 2.75) is 20.3 Å². The molecule has 0 aromatic heterocycles. The molecule has 26 heavy (non-hydrogen) atoms. The van der Waals surface area contributed by atoms with E-state index in [9.17, 15) is 9.59 Å². The van der Waals surface area contributed by atoms with Gasteiger partial charge < -0.3 is 10.2 Å². The number of carbonyl (C=O) groups excluding carboxylic acids is 2. The smallest absolute Gasteiger partial charge is 0.247 e. The van der Waals surface area contributed by atoms with Crippen LogP contribution in [-0.4, -0.2) is 29.8 Å². The van der Waals surface area contributed by atoms with Gasteiger partial charge in [0.25, 0.3) is 0 Å². The number of halogens is 1. The number of aryl methyl sites for hydroxylation is 1. The van der Waals surface area contributed by atoms with Crippen molar-refractivity contribution in [1.82, 2.24) is 4.90 Å². The molecule has 0 fully saturated rings. The fourth-order valence-corrected chi connectivity index (χ4v) is 2.91. The summed E-state index contributed by atoms with van der Waals surface area (Å²) in [5, 5.41) is 2.87. The first-order valence-electron chi connectivity index (χ1n) is 8.57. The number of carbonyl (C=O) groups is 2. The summed E-state index contributed by atoms with van der Waals surface area (Å²) in [5.74, 6) is -0.372. The molecular formula is C21H23BrN2O2. The predicted octanol–water partition coefficient (Wildman–Crippen LogP) is 4.65. The predicted molar refractivity (Wildman–Crippen MR) is 110 cm³/mol. The molecule has 0 atom stereocenters. The van der Waals surface area contributed by atoms with E-state index in [1.807, 2.05) is 62.4 Å². The number of amides is 2. The lowest BCUT2D eigenvalue weighted by atomic mass is 10.2. The molecule has 2 rings (SSSR count). The SMILES string of the molecule is CCCN(CC(=O)Nc1ccccc1C)C(=O)/C=C/c1cccc(Br)c1. The number of para-hydroxylation sites is 1. The van der Waals surface area contributed by atoms with Crippen molar-refractivity contribution in [2.24, 2.45) is 0 Å². The quantitative estimate of drug-likeness (QED) is 0.670. The van der Waals surface area contributed by atoms with Gasteiger partial charge >= 0.3 is 0 Å². The van der Waals surface area contributed by atoms with Crippen LogP contribution in [0.25, 0.3) is 6.08 Å². The Kier molecular flexibility index (Phi) is 7.60. The average Bonchev–Trinajstić information content (AvgIpc) is 2.61. The highest BCUT2D eigenvalue weighted by Crippen LogP contribution is 2.14. The number of hydrogen-bond acceptors (Lipinski definition) is 2. The number of nitrogens with one attached hydrogen (secondary N) is 1. The lowest BCUT2D eigenvalue weighted by Crippen LogP contribution is -2.37. The Bertz CT molecular complexity index is 802. The summed E-state index contributed by atoms with van der Waals surface area (Å²) in [5.41, 5.74) is 2.68. The highest BCUT2D eigenvalue weighted by Gasteiger charge is 2.15. The third kappa shape index (κ3) is 6.15. The molecule has 0 saturated heterocycles. The number of hydrogen-bond donors (Lipinski definition) is 1. The first kappa shape index (κ1) is 19.9. The van der Waals surface area contributed by atoms with Gasteiger partial charge in [0.05, 0.1) is 0 Å². The van der Waals surface area contributed by atoms with Gasteiger partial charge in [-0.05, 0) is 48.7 Å². The molecule has 2 amide bonds. The third-order valence-electron chi connectivity index (χ3n) is 3.83. The van der Waals surface area contributed by atoms with Gasteiger partial charge in [-0.25, -0.2) is 0 Å². The van der Waals surface area contributed by atoms with Crippen LogP contribution in [-0.2, 0) is 9.59 Å². The van der Waals surface area contributed by atoms with E-state index in [2.05, 4.69) is 21.2 Å². The van der Waals surface area contributed by atoms with Gasteiger partial charge in [0.1, 0.15) is 6.54 Å². The molecule has 0 radical (unpaired) electrons. The molecule has 0 aliphatic rings. The van der Waals surface area contributed by atoms with Gasteiger partial charge in [-0.1, -0.05) is 53.2 Å². The van der Waals surface area contributed by atoms with Gasteiger partial charge in [0.15, 0.2) is 0 Å². The minimum Gasteiger partial charge on any atom is -0.330 e. The van der Waals surface area contributed by atoms with Crippen LogP contribution < -0.4 is 5.32 Å². The summed E-state index contributed by atoms with van der Waals surface area (Å²) in [6.07, 6.45) is 4.06. The van der Waals surface area contributed by atoms with Crippen molar-refractivity contribution in [2.75, 3.05) is 18.4 Å². The van der Waals surface area contributed by atoms with Crippen molar-refractivity contribution in [3.05, 3.63) is 70.2 Å². The first-order chi connectivity index (χ1) is 12.5. The fraction of sp³-hybridized carbons (Fsp3) is 0.238. The second kappa shape index (κ2) is 9.92. The second-order valence-electron chi connectivity index (χ2n) is 6.01. The Morgan fingerprint density at radius 1 is 1.15 bits per heavy atom. The van der Waals surface area contributed by atoms with Crippen molar-refractivity contribution in [3.8, 4) is 0 Å². The second-order valence-corrected chi connectivity index (χ2v) is 6.93. The zero-order valence-corrected chi connectivity index (χ0v) is 16.6. The summed E-state index contributed by atoms with van der Waals surface area (Å²) in [7, 11) is 0. The minimum absolute atomic E-state index is 0.0316. The number of rotatable bonds is 7. The average molecular weight is 415 g/mol. The molecule has 0 aliphatic heterocycles. The van der Waals surface area contributed by atoms with Crippen LogP contribution in [0.15, 0.2) is 59.1 Å². The molecule has 136 valence electrons. The number of anilines is 1. The maximum atomic E-state index is 12.5. The Morgan fingerprint density at radius 2 is 1.92 bits per heavy atom. The monoisotopic (exact) mass is 414 g/mol. The molecule has 0 heterocycles. The van der Waals surface area contributed by atoms with Gasteiger partial charge in [-0.15, -0.1) is 0 Å². The van der Waals surface area contributed by atoms with E-state index in [-0.39, 0.29) is 18.4 Å². The lowest BCUT2D eigenvalue weighted by molar-refractivity contribution is -0.130. The Labute approximate surface area is 163 Å². The Hall–Kier alpha value is -2.40. The summed E-state index contributed by atoms with van der Waals surface area (Å²) in [6, 6.07) is 15.3. The van der Waals surface area contributed by atoms with E-state index in [1.54, 1.807) is 11.0 Å². The van der Waals surface area contributed by atoms with Crippen LogP contribution in [0, 0.1) is 6.92 Å². The summed E-state index contributed by atoms with van der Waals surface area (Å²) in [6.45, 7) is 4.48. The standard InChI is InChI=1S/C21H23BrN2O2/c1-3-13-24(15-20(25)23-19-10-5-4-7-16(19)2)21(26)12-11-17-8-6-9-18(22)14-17/h4-12,14H,3,13,15H2,1-2H3,(H,23,25)/b12-11+. The zero-order chi connectivity index (χ0) is 18.9. The van der Waals surface area contributed by atoms with Crippen molar-refractivity contribution >= 4 is 39.5 Å². The molecule has 1 N–H and O–H groups in total. The van der Waals surface area contributed by atoms with Crippen molar-refractivity contribution in [3.63, 3.8) is 0 Å². The molecule has 0 aliphatic carbocycles. The van der Waals surface area contributed by atoms with E-state index in [0.29, 0.717) is 6.54 Å². The largest absolute Gasteiger partial charge is 0.330 e. The molecule has 5 heteroatoms. The van der Waals surface area contributed by atoms with Crippen LogP contribution in [0.4, 0.5) is 5.69 Å². The van der Waals surface area contributed by atoms with E-state index in [4.69, 9.17) is 0 Å². The molecule has 0 spiro atoms. The third-order valence-corrected chi connectivity index (χ3v) is 4.32. The summed E-state index contributed by atoms with van der Waals surface area (Å²) in [4.78, 5) is 26.4. The Morgan fingerprint density at radius 3 is 2.62 bits per heavy atom. The van der Waals surface area contributed by atoms with Crippen LogP contribution in [0.1, 0.15) is 24.5 Å². The molecule has 2 aromatic rings. The maximum absolute atomic E-state index is 12.5. The van der Waals surface area contributed by atoms with Gasteiger partial charge in [0, 0.05) is 22.8 Å². The van der Waals surface area contributed by atoms with Gasteiger partial charge in [0.2, 0.25) is 11.8 Å². The van der Waals surface area contributed by atoms with Crippen LogP contribution in [0.3, 0.4) is 0 Å². The first-order valence-corrected chi connectivity index (χ1v) is 9.37. The molecular weight excluding hydrogens is 392 g/mol. The minimum atomic E-state index is -0.197. The topological polar surface area (TPSA) is 49.4 Å². The van der Waals surface area contributed by atoms with E-state index in [0.717, 1.165) is 27.7 Å².